The van der Waals surface area contributed by atoms with Crippen LogP contribution in [0.1, 0.15) is 15.9 Å². The minimum absolute atomic E-state index is 0.257. The van der Waals surface area contributed by atoms with Crippen LogP contribution in [-0.2, 0) is 0 Å². The molecule has 3 aromatic rings. The fraction of sp³-hybridized carbons (Fsp3) is 0.0588. The predicted molar refractivity (Wildman–Crippen MR) is 88.2 cm³/mol. The molecule has 4 nitrogen and oxygen atoms in total. The Kier molecular flexibility index (Phi) is 3.69. The second-order valence-electron chi connectivity index (χ2n) is 4.93. The minimum Gasteiger partial charge on any atom is -0.478 e. The van der Waals surface area contributed by atoms with Gasteiger partial charge in [-0.1, -0.05) is 11.6 Å². The van der Waals surface area contributed by atoms with E-state index in [1.807, 2.05) is 25.1 Å². The first-order valence-corrected chi connectivity index (χ1v) is 7.08. The summed E-state index contributed by atoms with van der Waals surface area (Å²) in [5, 5.41) is 13.9. The second-order valence-corrected chi connectivity index (χ2v) is 5.34. The van der Waals surface area contributed by atoms with Crippen molar-refractivity contribution in [3.63, 3.8) is 0 Å². The predicted octanol–water partition coefficient (Wildman–Crippen LogP) is 4.64. The largest absolute Gasteiger partial charge is 0.478 e. The molecule has 2 N–H and O–H groups in total. The van der Waals surface area contributed by atoms with Gasteiger partial charge in [-0.05, 0) is 55.0 Å². The highest BCUT2D eigenvalue weighted by atomic mass is 35.5. The van der Waals surface area contributed by atoms with E-state index in [1.54, 1.807) is 30.5 Å². The molecule has 0 bridgehead atoms. The van der Waals surface area contributed by atoms with Gasteiger partial charge in [0, 0.05) is 28.0 Å². The molecule has 0 aliphatic carbocycles. The summed E-state index contributed by atoms with van der Waals surface area (Å²) in [4.78, 5) is 15.3. The quantitative estimate of drug-likeness (QED) is 0.739. The fourth-order valence-corrected chi connectivity index (χ4v) is 2.45. The highest BCUT2D eigenvalue weighted by Crippen LogP contribution is 2.30. The Morgan fingerprint density at radius 2 is 1.86 bits per heavy atom. The monoisotopic (exact) mass is 312 g/mol. The van der Waals surface area contributed by atoms with Crippen molar-refractivity contribution in [1.29, 1.82) is 0 Å². The van der Waals surface area contributed by atoms with E-state index in [0.717, 1.165) is 27.8 Å². The normalized spacial score (nSPS) is 10.6. The van der Waals surface area contributed by atoms with E-state index in [4.69, 9.17) is 16.7 Å². The van der Waals surface area contributed by atoms with Gasteiger partial charge < -0.3 is 10.4 Å². The molecule has 2 aromatic carbocycles. The van der Waals surface area contributed by atoms with Crippen LogP contribution in [0.4, 0.5) is 11.4 Å². The van der Waals surface area contributed by atoms with Gasteiger partial charge in [0.1, 0.15) is 0 Å². The number of hydrogen-bond acceptors (Lipinski definition) is 3. The Morgan fingerprint density at radius 1 is 1.14 bits per heavy atom. The highest BCUT2D eigenvalue weighted by molar-refractivity contribution is 6.32. The smallest absolute Gasteiger partial charge is 0.335 e. The van der Waals surface area contributed by atoms with Crippen molar-refractivity contribution in [2.75, 3.05) is 5.32 Å². The summed E-state index contributed by atoms with van der Waals surface area (Å²) in [6, 6.07) is 12.2. The number of anilines is 2. The van der Waals surface area contributed by atoms with E-state index >= 15 is 0 Å². The number of pyridine rings is 1. The molecule has 0 fully saturated rings. The lowest BCUT2D eigenvalue weighted by molar-refractivity contribution is 0.0697. The lowest BCUT2D eigenvalue weighted by Crippen LogP contribution is -1.97. The third-order valence-corrected chi connectivity index (χ3v) is 3.92. The molecule has 0 aliphatic rings. The summed E-state index contributed by atoms with van der Waals surface area (Å²) in [6.45, 7) is 1.93. The van der Waals surface area contributed by atoms with Crippen LogP contribution < -0.4 is 5.32 Å². The van der Waals surface area contributed by atoms with Gasteiger partial charge in [-0.15, -0.1) is 0 Å². The van der Waals surface area contributed by atoms with Crippen LogP contribution in [0.25, 0.3) is 10.9 Å². The summed E-state index contributed by atoms with van der Waals surface area (Å²) in [5.74, 6) is -0.939. The van der Waals surface area contributed by atoms with Crippen LogP contribution in [0.5, 0.6) is 0 Å². The Labute approximate surface area is 132 Å². The number of carboxylic acid groups (broad SMARTS) is 1. The molecule has 0 saturated carbocycles. The molecule has 110 valence electrons. The van der Waals surface area contributed by atoms with Gasteiger partial charge >= 0.3 is 5.97 Å². The number of nitrogens with one attached hydrogen (secondary N) is 1. The zero-order valence-corrected chi connectivity index (χ0v) is 12.6. The lowest BCUT2D eigenvalue weighted by atomic mass is 10.1. The van der Waals surface area contributed by atoms with Crippen LogP contribution in [0.3, 0.4) is 0 Å². The van der Waals surface area contributed by atoms with Crippen LogP contribution in [0, 0.1) is 6.92 Å². The molecule has 0 spiro atoms. The number of carboxylic acids is 1. The molecule has 5 heteroatoms. The van der Waals surface area contributed by atoms with Crippen molar-refractivity contribution in [2.45, 2.75) is 6.92 Å². The van der Waals surface area contributed by atoms with E-state index < -0.39 is 5.97 Å². The third-order valence-electron chi connectivity index (χ3n) is 3.51. The molecule has 0 unspecified atom stereocenters. The van der Waals surface area contributed by atoms with Crippen LogP contribution in [0.2, 0.25) is 5.02 Å². The zero-order chi connectivity index (χ0) is 15.7. The molecule has 0 saturated heterocycles. The number of aromatic carboxylic acids is 1. The SMILES string of the molecule is Cc1c(Cl)ccc2c(Nc3ccc(C(=O)O)cc3)ccnc12. The van der Waals surface area contributed by atoms with Gasteiger partial charge in [-0.25, -0.2) is 4.79 Å². The number of rotatable bonds is 3. The van der Waals surface area contributed by atoms with Crippen molar-refractivity contribution in [2.24, 2.45) is 0 Å². The Hall–Kier alpha value is -2.59. The summed E-state index contributed by atoms with van der Waals surface area (Å²) in [7, 11) is 0. The first-order valence-electron chi connectivity index (χ1n) is 6.70. The minimum atomic E-state index is -0.939. The van der Waals surface area contributed by atoms with Crippen LogP contribution in [0.15, 0.2) is 48.7 Å². The maximum atomic E-state index is 10.9. The Bertz CT molecular complexity index is 860. The van der Waals surface area contributed by atoms with Gasteiger partial charge in [-0.2, -0.15) is 0 Å². The molecular formula is C17H13ClN2O2. The molecule has 22 heavy (non-hydrogen) atoms. The van der Waals surface area contributed by atoms with Gasteiger partial charge in [0.15, 0.2) is 0 Å². The maximum absolute atomic E-state index is 10.9. The lowest BCUT2D eigenvalue weighted by Gasteiger charge is -2.11. The van der Waals surface area contributed by atoms with Gasteiger partial charge in [-0.3, -0.25) is 4.98 Å². The molecule has 0 atom stereocenters. The molecule has 0 amide bonds. The number of nitrogens with zero attached hydrogens (tertiary/aromatic N) is 1. The maximum Gasteiger partial charge on any atom is 0.335 e. The first-order chi connectivity index (χ1) is 10.6. The van der Waals surface area contributed by atoms with Crippen LogP contribution in [-0.4, -0.2) is 16.1 Å². The molecule has 1 heterocycles. The van der Waals surface area contributed by atoms with Crippen molar-refractivity contribution in [3.8, 4) is 0 Å². The summed E-state index contributed by atoms with van der Waals surface area (Å²) < 4.78 is 0. The van der Waals surface area contributed by atoms with Crippen molar-refractivity contribution in [3.05, 3.63) is 64.8 Å². The van der Waals surface area contributed by atoms with Crippen LogP contribution >= 0.6 is 11.6 Å². The average molecular weight is 313 g/mol. The van der Waals surface area contributed by atoms with Gasteiger partial charge in [0.25, 0.3) is 0 Å². The number of carbonyl (C=O) groups is 1. The fourth-order valence-electron chi connectivity index (χ4n) is 2.30. The van der Waals surface area contributed by atoms with E-state index in [0.29, 0.717) is 5.02 Å². The van der Waals surface area contributed by atoms with Crippen molar-refractivity contribution >= 4 is 39.8 Å². The standard InChI is InChI=1S/C17H13ClN2O2/c1-10-14(18)7-6-13-15(8-9-19-16(10)13)20-12-4-2-11(3-5-12)17(21)22/h2-9H,1H3,(H,19,20)(H,21,22). The number of fused-ring (bicyclic) bond motifs is 1. The second kappa shape index (κ2) is 5.66. The molecule has 0 radical (unpaired) electrons. The summed E-state index contributed by atoms with van der Waals surface area (Å²) >= 11 is 6.13. The number of benzene rings is 2. The Balaban J connectivity index is 2.00. The molecule has 1 aromatic heterocycles. The summed E-state index contributed by atoms with van der Waals surface area (Å²) in [6.07, 6.45) is 1.72. The molecule has 0 aliphatic heterocycles. The van der Waals surface area contributed by atoms with E-state index in [9.17, 15) is 4.79 Å². The number of hydrogen-bond donors (Lipinski definition) is 2. The highest BCUT2D eigenvalue weighted by Gasteiger charge is 2.08. The number of halogens is 1. The van der Waals surface area contributed by atoms with Gasteiger partial charge in [0.2, 0.25) is 0 Å². The van der Waals surface area contributed by atoms with Crippen molar-refractivity contribution < 1.29 is 9.90 Å². The van der Waals surface area contributed by atoms with Crippen molar-refractivity contribution in [1.82, 2.24) is 4.98 Å². The average Bonchev–Trinajstić information content (AvgIpc) is 2.52. The molecular weight excluding hydrogens is 300 g/mol. The van der Waals surface area contributed by atoms with E-state index in [2.05, 4.69) is 10.3 Å². The van der Waals surface area contributed by atoms with E-state index in [1.165, 1.54) is 0 Å². The molecule has 3 rings (SSSR count). The zero-order valence-electron chi connectivity index (χ0n) is 11.8. The number of aryl methyl sites for hydroxylation is 1. The van der Waals surface area contributed by atoms with Gasteiger partial charge in [0.05, 0.1) is 11.1 Å². The Morgan fingerprint density at radius 3 is 2.55 bits per heavy atom. The summed E-state index contributed by atoms with van der Waals surface area (Å²) in [5.41, 5.74) is 3.74. The first kappa shape index (κ1) is 14.4. The third kappa shape index (κ3) is 2.61. The van der Waals surface area contributed by atoms with E-state index in [-0.39, 0.29) is 5.56 Å². The topological polar surface area (TPSA) is 62.2 Å². The number of aromatic nitrogens is 1.